The number of carbonyl (C=O) groups excluding carboxylic acids is 1. The van der Waals surface area contributed by atoms with Gasteiger partial charge in [0.1, 0.15) is 6.04 Å². The molecular weight excluding hydrogens is 378 g/mol. The molecule has 0 bridgehead atoms. The van der Waals surface area contributed by atoms with Crippen LogP contribution in [0.3, 0.4) is 0 Å². The SMILES string of the molecule is CCC(CC)c1ccn(C2CCN(c3cc(C)c(Br)c(C)c3)C2=O)n1. The summed E-state index contributed by atoms with van der Waals surface area (Å²) in [5.74, 6) is 0.617. The van der Waals surface area contributed by atoms with Crippen molar-refractivity contribution in [1.29, 1.82) is 0 Å². The molecule has 0 radical (unpaired) electrons. The van der Waals surface area contributed by atoms with E-state index in [1.54, 1.807) is 0 Å². The molecule has 134 valence electrons. The predicted molar refractivity (Wildman–Crippen MR) is 105 cm³/mol. The molecule has 1 unspecified atom stereocenters. The minimum absolute atomic E-state index is 0.139. The Morgan fingerprint density at radius 3 is 2.48 bits per heavy atom. The van der Waals surface area contributed by atoms with Gasteiger partial charge in [0, 0.05) is 28.8 Å². The van der Waals surface area contributed by atoms with Crippen molar-refractivity contribution in [1.82, 2.24) is 9.78 Å². The normalized spacial score (nSPS) is 17.8. The lowest BCUT2D eigenvalue weighted by atomic mass is 10.0. The molecule has 1 aliphatic heterocycles. The van der Waals surface area contributed by atoms with Crippen molar-refractivity contribution in [3.8, 4) is 0 Å². The van der Waals surface area contributed by atoms with Gasteiger partial charge in [-0.05, 0) is 62.4 Å². The quantitative estimate of drug-likeness (QED) is 0.692. The van der Waals surface area contributed by atoms with Crippen molar-refractivity contribution in [3.63, 3.8) is 0 Å². The molecule has 0 aliphatic carbocycles. The molecular formula is C20H26BrN3O. The largest absolute Gasteiger partial charge is 0.310 e. The van der Waals surface area contributed by atoms with Gasteiger partial charge in [-0.3, -0.25) is 9.48 Å². The molecule has 5 heteroatoms. The third-order valence-electron chi connectivity index (χ3n) is 5.26. The van der Waals surface area contributed by atoms with E-state index in [0.29, 0.717) is 5.92 Å². The molecule has 1 aromatic carbocycles. The number of halogens is 1. The first-order valence-electron chi connectivity index (χ1n) is 9.09. The lowest BCUT2D eigenvalue weighted by Gasteiger charge is -2.19. The molecule has 4 nitrogen and oxygen atoms in total. The van der Waals surface area contributed by atoms with Gasteiger partial charge in [0.2, 0.25) is 0 Å². The predicted octanol–water partition coefficient (Wildman–Crippen LogP) is 5.14. The van der Waals surface area contributed by atoms with Crippen LogP contribution in [0.4, 0.5) is 5.69 Å². The highest BCUT2D eigenvalue weighted by molar-refractivity contribution is 9.10. The van der Waals surface area contributed by atoms with E-state index in [4.69, 9.17) is 5.10 Å². The number of carbonyl (C=O) groups is 1. The van der Waals surface area contributed by atoms with Crippen LogP contribution in [0.15, 0.2) is 28.9 Å². The Balaban J connectivity index is 1.83. The van der Waals surface area contributed by atoms with Crippen LogP contribution in [-0.4, -0.2) is 22.2 Å². The summed E-state index contributed by atoms with van der Waals surface area (Å²) in [7, 11) is 0. The van der Waals surface area contributed by atoms with Gasteiger partial charge >= 0.3 is 0 Å². The van der Waals surface area contributed by atoms with E-state index in [-0.39, 0.29) is 11.9 Å². The molecule has 3 rings (SSSR count). The van der Waals surface area contributed by atoms with Crippen molar-refractivity contribution in [2.24, 2.45) is 0 Å². The molecule has 25 heavy (non-hydrogen) atoms. The van der Waals surface area contributed by atoms with E-state index in [9.17, 15) is 4.79 Å². The van der Waals surface area contributed by atoms with Gasteiger partial charge in [-0.1, -0.05) is 29.8 Å². The van der Waals surface area contributed by atoms with E-state index in [1.165, 1.54) is 0 Å². The van der Waals surface area contributed by atoms with Crippen LogP contribution in [0.2, 0.25) is 0 Å². The van der Waals surface area contributed by atoms with Gasteiger partial charge < -0.3 is 4.90 Å². The number of aromatic nitrogens is 2. The number of nitrogens with zero attached hydrogens (tertiary/aromatic N) is 3. The first-order valence-corrected chi connectivity index (χ1v) is 9.88. The lowest BCUT2D eigenvalue weighted by molar-refractivity contribution is -0.120. The second kappa shape index (κ2) is 7.32. The van der Waals surface area contributed by atoms with Crippen molar-refractivity contribution < 1.29 is 4.79 Å². The highest BCUT2D eigenvalue weighted by atomic mass is 79.9. The van der Waals surface area contributed by atoms with Crippen molar-refractivity contribution in [2.45, 2.75) is 58.9 Å². The molecule has 2 aromatic rings. The van der Waals surface area contributed by atoms with Crippen molar-refractivity contribution >= 4 is 27.5 Å². The van der Waals surface area contributed by atoms with E-state index in [1.807, 2.05) is 15.8 Å². The molecule has 1 aliphatic rings. The van der Waals surface area contributed by atoms with Crippen molar-refractivity contribution in [2.75, 3.05) is 11.4 Å². The number of aryl methyl sites for hydroxylation is 2. The average molecular weight is 404 g/mol. The summed E-state index contributed by atoms with van der Waals surface area (Å²) in [4.78, 5) is 14.9. The molecule has 1 amide bonds. The van der Waals surface area contributed by atoms with Crippen LogP contribution in [-0.2, 0) is 4.79 Å². The average Bonchev–Trinajstić information content (AvgIpc) is 3.20. The summed E-state index contributed by atoms with van der Waals surface area (Å²) in [5.41, 5.74) is 4.40. The third kappa shape index (κ3) is 3.39. The minimum Gasteiger partial charge on any atom is -0.310 e. The molecule has 0 saturated carbocycles. The maximum absolute atomic E-state index is 13.0. The minimum atomic E-state index is -0.188. The zero-order chi connectivity index (χ0) is 18.1. The van der Waals surface area contributed by atoms with E-state index >= 15 is 0 Å². The summed E-state index contributed by atoms with van der Waals surface area (Å²) >= 11 is 3.60. The first kappa shape index (κ1) is 18.2. The number of anilines is 1. The van der Waals surface area contributed by atoms with Crippen molar-refractivity contribution in [3.05, 3.63) is 45.7 Å². The topological polar surface area (TPSA) is 38.1 Å². The summed E-state index contributed by atoms with van der Waals surface area (Å²) in [5, 5.41) is 4.72. The van der Waals surface area contributed by atoms with E-state index in [0.717, 1.165) is 52.8 Å². The fourth-order valence-electron chi connectivity index (χ4n) is 3.70. The molecule has 0 spiro atoms. The fraction of sp³-hybridized carbons (Fsp3) is 0.500. The number of hydrogen-bond donors (Lipinski definition) is 0. The lowest BCUT2D eigenvalue weighted by Crippen LogP contribution is -2.28. The molecule has 1 saturated heterocycles. The third-order valence-corrected chi connectivity index (χ3v) is 6.51. The molecule has 1 atom stereocenters. The Morgan fingerprint density at radius 2 is 1.88 bits per heavy atom. The number of hydrogen-bond acceptors (Lipinski definition) is 2. The molecule has 1 aromatic heterocycles. The Hall–Kier alpha value is -1.62. The van der Waals surface area contributed by atoms with Crippen LogP contribution in [0.25, 0.3) is 0 Å². The van der Waals surface area contributed by atoms with Gasteiger partial charge in [-0.2, -0.15) is 5.10 Å². The van der Waals surface area contributed by atoms with Crippen LogP contribution in [0, 0.1) is 13.8 Å². The van der Waals surface area contributed by atoms with Gasteiger partial charge in [-0.25, -0.2) is 0 Å². The standard InChI is InChI=1S/C20H26BrN3O/c1-5-15(6-2)17-7-10-24(22-17)18-8-9-23(20(18)25)16-11-13(3)19(21)14(4)12-16/h7,10-12,15,18H,5-6,8-9H2,1-4H3. The fourth-order valence-corrected chi connectivity index (χ4v) is 3.93. The van der Waals surface area contributed by atoms with Crippen LogP contribution in [0.1, 0.15) is 61.9 Å². The second-order valence-corrected chi connectivity index (χ2v) is 7.71. The van der Waals surface area contributed by atoms with Gasteiger partial charge in [0.25, 0.3) is 5.91 Å². The van der Waals surface area contributed by atoms with E-state index < -0.39 is 0 Å². The van der Waals surface area contributed by atoms with Gasteiger partial charge in [0.15, 0.2) is 0 Å². The Bertz CT molecular complexity index is 756. The Labute approximate surface area is 158 Å². The molecule has 1 fully saturated rings. The zero-order valence-electron chi connectivity index (χ0n) is 15.4. The summed E-state index contributed by atoms with van der Waals surface area (Å²) in [6.45, 7) is 9.24. The maximum atomic E-state index is 13.0. The monoisotopic (exact) mass is 403 g/mol. The smallest absolute Gasteiger partial charge is 0.251 e. The first-order chi connectivity index (χ1) is 12.0. The summed E-state index contributed by atoms with van der Waals surface area (Å²) in [6, 6.07) is 6.04. The Morgan fingerprint density at radius 1 is 1.24 bits per heavy atom. The highest BCUT2D eigenvalue weighted by Crippen LogP contribution is 2.33. The highest BCUT2D eigenvalue weighted by Gasteiger charge is 2.35. The van der Waals surface area contributed by atoms with Crippen LogP contribution < -0.4 is 4.90 Å². The molecule has 2 heterocycles. The van der Waals surface area contributed by atoms with E-state index in [2.05, 4.69) is 61.8 Å². The van der Waals surface area contributed by atoms with Crippen LogP contribution in [0.5, 0.6) is 0 Å². The maximum Gasteiger partial charge on any atom is 0.251 e. The number of benzene rings is 1. The number of amides is 1. The second-order valence-electron chi connectivity index (χ2n) is 6.92. The van der Waals surface area contributed by atoms with Crippen LogP contribution >= 0.6 is 15.9 Å². The molecule has 0 N–H and O–H groups in total. The Kier molecular flexibility index (Phi) is 5.32. The zero-order valence-corrected chi connectivity index (χ0v) is 17.0. The summed E-state index contributed by atoms with van der Waals surface area (Å²) in [6.07, 6.45) is 4.93. The summed E-state index contributed by atoms with van der Waals surface area (Å²) < 4.78 is 2.98. The van der Waals surface area contributed by atoms with Gasteiger partial charge in [-0.15, -0.1) is 0 Å². The van der Waals surface area contributed by atoms with Gasteiger partial charge in [0.05, 0.1) is 5.69 Å². The number of rotatable bonds is 5.